The van der Waals surface area contributed by atoms with Crippen LogP contribution >= 0.6 is 0 Å². The maximum atomic E-state index is 8.86. The Morgan fingerprint density at radius 2 is 2.15 bits per heavy atom. The van der Waals surface area contributed by atoms with Crippen LogP contribution in [0, 0.1) is 6.92 Å². The summed E-state index contributed by atoms with van der Waals surface area (Å²) in [6.07, 6.45) is 1.61. The Balaban J connectivity index is 0.000000845. The van der Waals surface area contributed by atoms with E-state index in [0.29, 0.717) is 0 Å². The number of aliphatic hydroxyl groups is 1. The van der Waals surface area contributed by atoms with E-state index in [2.05, 4.69) is 15.3 Å². The van der Waals surface area contributed by atoms with Crippen molar-refractivity contribution in [1.82, 2.24) is 14.9 Å². The van der Waals surface area contributed by atoms with Crippen molar-refractivity contribution in [1.29, 1.82) is 0 Å². The molecule has 0 aromatic carbocycles. The minimum Gasteiger partial charge on any atom is -0.390 e. The Labute approximate surface area is 90.1 Å². The van der Waals surface area contributed by atoms with Crippen LogP contribution in [-0.4, -0.2) is 32.3 Å². The van der Waals surface area contributed by atoms with Crippen molar-refractivity contribution in [2.45, 2.75) is 19.8 Å². The average molecular weight is 350 g/mol. The molecular formula is C7H10N4OW. The molecule has 1 aromatic heterocycles. The zero-order valence-corrected chi connectivity index (χ0v) is 10.2. The molecule has 1 aromatic rings. The van der Waals surface area contributed by atoms with E-state index < -0.39 is 0 Å². The summed E-state index contributed by atoms with van der Waals surface area (Å²) in [7, 11) is 0. The summed E-state index contributed by atoms with van der Waals surface area (Å²) in [5.74, 6) is 1.65. The number of aromatic nitrogens is 3. The molecule has 0 atom stereocenters. The number of aryl methyl sites for hydroxylation is 2. The second-order valence-corrected chi connectivity index (χ2v) is 2.80. The fourth-order valence-electron chi connectivity index (χ4n) is 1.25. The summed E-state index contributed by atoms with van der Waals surface area (Å²) in [5, 5.41) is 20.9. The summed E-state index contributed by atoms with van der Waals surface area (Å²) in [6, 6.07) is 0. The number of hydrogen-bond acceptors (Lipinski definition) is 4. The molecule has 0 unspecified atom stereocenters. The summed E-state index contributed by atoms with van der Waals surface area (Å²) in [5.41, 5.74) is 0.797. The summed E-state index contributed by atoms with van der Waals surface area (Å²) >= 11 is 0. The zero-order chi connectivity index (χ0) is 8.55. The number of nitrogens with zero attached hydrogens (tertiary/aromatic N) is 4. The minimum atomic E-state index is 0. The van der Waals surface area contributed by atoms with Gasteiger partial charge in [-0.25, -0.2) is 4.68 Å². The van der Waals surface area contributed by atoms with Crippen molar-refractivity contribution in [3.8, 4) is 0 Å². The third-order valence-electron chi connectivity index (χ3n) is 1.92. The van der Waals surface area contributed by atoms with Gasteiger partial charge in [-0.1, -0.05) is 0 Å². The zero-order valence-electron chi connectivity index (χ0n) is 7.27. The monoisotopic (exact) mass is 350 g/mol. The summed E-state index contributed by atoms with van der Waals surface area (Å²) in [6.45, 7) is 1.87. The van der Waals surface area contributed by atoms with Crippen LogP contribution in [0.5, 0.6) is 0 Å². The molecule has 70 valence electrons. The van der Waals surface area contributed by atoms with Crippen molar-refractivity contribution < 1.29 is 26.2 Å². The molecule has 5 nitrogen and oxygen atoms in total. The molecule has 1 N–H and O–H groups in total. The predicted octanol–water partition coefficient (Wildman–Crippen LogP) is -0.273. The van der Waals surface area contributed by atoms with Crippen LogP contribution in [-0.2, 0) is 27.5 Å². The molecule has 6 heteroatoms. The Morgan fingerprint density at radius 3 is 2.85 bits per heavy atom. The van der Waals surface area contributed by atoms with Crippen LogP contribution in [0.15, 0.2) is 5.10 Å². The van der Waals surface area contributed by atoms with Gasteiger partial charge in [0.05, 0.1) is 12.3 Å². The average Bonchev–Trinajstić information content (AvgIpc) is 2.47. The second kappa shape index (κ2) is 4.11. The van der Waals surface area contributed by atoms with Gasteiger partial charge in [0.25, 0.3) is 0 Å². The van der Waals surface area contributed by atoms with Crippen molar-refractivity contribution in [2.24, 2.45) is 5.10 Å². The van der Waals surface area contributed by atoms with E-state index in [-0.39, 0.29) is 27.7 Å². The number of fused-ring (bicyclic) bond motifs is 1. The van der Waals surface area contributed by atoms with Crippen LogP contribution in [0.25, 0.3) is 0 Å². The predicted molar refractivity (Wildman–Crippen MR) is 43.0 cm³/mol. The number of aliphatic hydroxyl groups excluding tert-OH is 1. The quantitative estimate of drug-likeness (QED) is 0.759. The molecule has 0 fully saturated rings. The summed E-state index contributed by atoms with van der Waals surface area (Å²) < 4.78 is 1.69. The summed E-state index contributed by atoms with van der Waals surface area (Å²) in [4.78, 5) is 0. The Bertz CT molecular complexity index is 333. The van der Waals surface area contributed by atoms with E-state index in [1.54, 1.807) is 4.68 Å². The molecule has 0 radical (unpaired) electrons. The molecule has 0 bridgehead atoms. The SMILES string of the molecule is Cc1nnc2n1N=C(CO)CC2.[W]. The number of hydrogen-bond donors (Lipinski definition) is 1. The van der Waals surface area contributed by atoms with Gasteiger partial charge in [-0.2, -0.15) is 5.10 Å². The van der Waals surface area contributed by atoms with Crippen LogP contribution in [0.3, 0.4) is 0 Å². The van der Waals surface area contributed by atoms with Crippen molar-refractivity contribution in [3.63, 3.8) is 0 Å². The Kier molecular flexibility index (Phi) is 3.33. The van der Waals surface area contributed by atoms with Crippen molar-refractivity contribution >= 4 is 5.71 Å². The molecule has 0 aliphatic carbocycles. The Morgan fingerprint density at radius 1 is 1.38 bits per heavy atom. The fraction of sp³-hybridized carbons (Fsp3) is 0.571. The molecule has 13 heavy (non-hydrogen) atoms. The molecule has 0 saturated heterocycles. The topological polar surface area (TPSA) is 63.3 Å². The van der Waals surface area contributed by atoms with Gasteiger partial charge in [0.1, 0.15) is 0 Å². The maximum absolute atomic E-state index is 8.86. The first-order valence-corrected chi connectivity index (χ1v) is 3.89. The van der Waals surface area contributed by atoms with E-state index in [4.69, 9.17) is 5.11 Å². The largest absolute Gasteiger partial charge is 0.390 e. The van der Waals surface area contributed by atoms with Gasteiger partial charge in [0.2, 0.25) is 0 Å². The minimum absolute atomic E-state index is 0. The van der Waals surface area contributed by atoms with E-state index in [9.17, 15) is 0 Å². The van der Waals surface area contributed by atoms with Gasteiger partial charge in [0.15, 0.2) is 11.6 Å². The van der Waals surface area contributed by atoms with Gasteiger partial charge in [-0.15, -0.1) is 10.2 Å². The standard InChI is InChI=1S/C7H10N4O.W/c1-5-8-9-7-3-2-6(4-12)10-11(5)7;/h12H,2-4H2,1H3;. The van der Waals surface area contributed by atoms with Crippen LogP contribution < -0.4 is 0 Å². The van der Waals surface area contributed by atoms with Crippen LogP contribution in [0.4, 0.5) is 0 Å². The number of rotatable bonds is 1. The molecule has 0 saturated carbocycles. The van der Waals surface area contributed by atoms with Gasteiger partial charge < -0.3 is 5.11 Å². The molecule has 1 aliphatic rings. The van der Waals surface area contributed by atoms with E-state index in [1.807, 2.05) is 6.92 Å². The normalized spacial score (nSPS) is 14.5. The molecule has 2 heterocycles. The fourth-order valence-corrected chi connectivity index (χ4v) is 1.25. The maximum Gasteiger partial charge on any atom is 0.154 e. The molecule has 0 spiro atoms. The third kappa shape index (κ3) is 1.86. The molecule has 2 rings (SSSR count). The van der Waals surface area contributed by atoms with Crippen molar-refractivity contribution in [2.75, 3.05) is 6.61 Å². The van der Waals surface area contributed by atoms with Gasteiger partial charge in [0, 0.05) is 27.5 Å². The van der Waals surface area contributed by atoms with Gasteiger partial charge in [-0.05, 0) is 13.3 Å². The second-order valence-electron chi connectivity index (χ2n) is 2.80. The Hall–Kier alpha value is -0.542. The first kappa shape index (κ1) is 10.5. The molecular weight excluding hydrogens is 340 g/mol. The molecule has 1 aliphatic heterocycles. The van der Waals surface area contributed by atoms with Gasteiger partial charge >= 0.3 is 0 Å². The van der Waals surface area contributed by atoms with E-state index >= 15 is 0 Å². The van der Waals surface area contributed by atoms with Crippen molar-refractivity contribution in [3.05, 3.63) is 11.6 Å². The third-order valence-corrected chi connectivity index (χ3v) is 1.92. The smallest absolute Gasteiger partial charge is 0.154 e. The van der Waals surface area contributed by atoms with Crippen LogP contribution in [0.1, 0.15) is 18.1 Å². The molecule has 0 amide bonds. The van der Waals surface area contributed by atoms with Crippen LogP contribution in [0.2, 0.25) is 0 Å². The van der Waals surface area contributed by atoms with E-state index in [0.717, 1.165) is 30.2 Å². The first-order valence-electron chi connectivity index (χ1n) is 3.89. The van der Waals surface area contributed by atoms with E-state index in [1.165, 1.54) is 0 Å². The van der Waals surface area contributed by atoms with Gasteiger partial charge in [-0.3, -0.25) is 0 Å². The first-order chi connectivity index (χ1) is 5.81.